The number of hydrogen-bond donors (Lipinski definition) is 0. The molecule has 0 amide bonds. The van der Waals surface area contributed by atoms with E-state index in [4.69, 9.17) is 0 Å². The molecule has 0 aromatic heterocycles. The maximum absolute atomic E-state index is 2.45. The summed E-state index contributed by atoms with van der Waals surface area (Å²) in [5, 5.41) is 13.1. The molecule has 0 nitrogen and oxygen atoms in total. The maximum atomic E-state index is 2.45. The molecule has 1 aliphatic carbocycles. The highest BCUT2D eigenvalue weighted by Crippen LogP contribution is 2.46. The van der Waals surface area contributed by atoms with E-state index in [0.717, 1.165) is 12.8 Å². The molecule has 0 N–H and O–H groups in total. The lowest BCUT2D eigenvalue weighted by molar-refractivity contribution is 1.00. The largest absolute Gasteiger partial charge is 0.0836 e. The summed E-state index contributed by atoms with van der Waals surface area (Å²) in [5.74, 6) is 0. The van der Waals surface area contributed by atoms with Crippen LogP contribution in [0.4, 0.5) is 0 Å². The van der Waals surface area contributed by atoms with Crippen LogP contribution in [0.5, 0.6) is 0 Å². The van der Waals surface area contributed by atoms with Crippen molar-refractivity contribution in [2.45, 2.75) is 12.8 Å². The van der Waals surface area contributed by atoms with Gasteiger partial charge in [0, 0.05) is 0 Å². The van der Waals surface area contributed by atoms with Gasteiger partial charge in [0.1, 0.15) is 0 Å². The van der Waals surface area contributed by atoms with Gasteiger partial charge in [0.25, 0.3) is 0 Å². The van der Waals surface area contributed by atoms with Gasteiger partial charge in [0.2, 0.25) is 0 Å². The Morgan fingerprint density at radius 3 is 1.62 bits per heavy atom. The lowest BCUT2D eigenvalue weighted by atomic mass is 9.83. The van der Waals surface area contributed by atoms with Crippen LogP contribution in [0.3, 0.4) is 0 Å². The smallest absolute Gasteiger partial charge is 0.00261 e. The van der Waals surface area contributed by atoms with Crippen LogP contribution in [0.2, 0.25) is 0 Å². The Morgan fingerprint density at radius 1 is 0.333 bits per heavy atom. The van der Waals surface area contributed by atoms with Crippen molar-refractivity contribution >= 4 is 59.9 Å². The molecule has 0 saturated carbocycles. The molecular formula is C48H32. The van der Waals surface area contributed by atoms with Gasteiger partial charge in [-0.25, -0.2) is 0 Å². The highest BCUT2D eigenvalue weighted by atomic mass is 14.2. The zero-order chi connectivity index (χ0) is 31.6. The summed E-state index contributed by atoms with van der Waals surface area (Å²) in [5.41, 5.74) is 10.4. The Hall–Kier alpha value is -5.98. The topological polar surface area (TPSA) is 0 Å². The fraction of sp³-hybridized carbons (Fsp3) is 0.0417. The molecule has 1 aliphatic rings. The molecule has 0 saturated heterocycles. The SMILES string of the molecule is C1=Cc2c(c3ccccc3c3cc(-c4c5ccccc5c(-c5cccc(-c6ccc7ccccc7c6)c5)c5ccccc45)ccc23)CC1. The first-order chi connectivity index (χ1) is 23.8. The highest BCUT2D eigenvalue weighted by molar-refractivity contribution is 6.23. The first-order valence-electron chi connectivity index (χ1n) is 17.0. The van der Waals surface area contributed by atoms with Crippen molar-refractivity contribution in [3.8, 4) is 33.4 Å². The summed E-state index contributed by atoms with van der Waals surface area (Å²) < 4.78 is 0. The van der Waals surface area contributed by atoms with E-state index in [1.165, 1.54) is 98.4 Å². The molecule has 0 aliphatic heterocycles. The molecule has 0 unspecified atom stereocenters. The maximum Gasteiger partial charge on any atom is -0.00261 e. The van der Waals surface area contributed by atoms with E-state index in [2.05, 4.69) is 170 Å². The van der Waals surface area contributed by atoms with Crippen LogP contribution in [-0.2, 0) is 6.42 Å². The quantitative estimate of drug-likeness (QED) is 0.138. The molecule has 48 heavy (non-hydrogen) atoms. The third kappa shape index (κ3) is 4.16. The van der Waals surface area contributed by atoms with Crippen molar-refractivity contribution in [1.82, 2.24) is 0 Å². The van der Waals surface area contributed by atoms with Crippen molar-refractivity contribution in [2.24, 2.45) is 0 Å². The second kappa shape index (κ2) is 10.8. The van der Waals surface area contributed by atoms with Crippen molar-refractivity contribution in [3.05, 3.63) is 175 Å². The third-order valence-electron chi connectivity index (χ3n) is 10.5. The van der Waals surface area contributed by atoms with E-state index in [-0.39, 0.29) is 0 Å². The molecule has 0 bridgehead atoms. The number of hydrogen-bond acceptors (Lipinski definition) is 0. The minimum atomic E-state index is 1.10. The van der Waals surface area contributed by atoms with Crippen LogP contribution >= 0.6 is 0 Å². The summed E-state index contributed by atoms with van der Waals surface area (Å²) in [4.78, 5) is 0. The lowest BCUT2D eigenvalue weighted by Gasteiger charge is -2.20. The van der Waals surface area contributed by atoms with Crippen molar-refractivity contribution in [3.63, 3.8) is 0 Å². The summed E-state index contributed by atoms with van der Waals surface area (Å²) in [7, 11) is 0. The highest BCUT2D eigenvalue weighted by Gasteiger charge is 2.19. The Bertz CT molecular complexity index is 2720. The van der Waals surface area contributed by atoms with Gasteiger partial charge >= 0.3 is 0 Å². The number of rotatable bonds is 3. The zero-order valence-electron chi connectivity index (χ0n) is 26.6. The number of fused-ring (bicyclic) bond motifs is 9. The van der Waals surface area contributed by atoms with Crippen LogP contribution in [0, 0.1) is 0 Å². The monoisotopic (exact) mass is 608 g/mol. The fourth-order valence-electron chi connectivity index (χ4n) is 8.31. The van der Waals surface area contributed by atoms with Gasteiger partial charge in [-0.05, 0) is 129 Å². The first-order valence-corrected chi connectivity index (χ1v) is 17.0. The normalized spacial score (nSPS) is 12.8. The van der Waals surface area contributed by atoms with Crippen LogP contribution in [0.1, 0.15) is 17.5 Å². The molecule has 0 atom stereocenters. The lowest BCUT2D eigenvalue weighted by Crippen LogP contribution is -1.98. The zero-order valence-corrected chi connectivity index (χ0v) is 26.6. The van der Waals surface area contributed by atoms with Gasteiger partial charge in [0.15, 0.2) is 0 Å². The molecule has 10 rings (SSSR count). The summed E-state index contributed by atoms with van der Waals surface area (Å²) in [6, 6.07) is 58.6. The van der Waals surface area contributed by atoms with Gasteiger partial charge in [-0.2, -0.15) is 0 Å². The van der Waals surface area contributed by atoms with Crippen LogP contribution in [0.25, 0.3) is 93.3 Å². The number of benzene rings is 9. The Labute approximate surface area is 280 Å². The standard InChI is InChI=1S/C48H32/c1-2-13-32-28-34(25-24-31(32)12-1)33-14-11-15-35(29-33)47-42-20-7-9-22-44(42)48(45-23-10-8-21-43(45)47)36-26-27-41-39-18-4-3-16-37(39)38-17-5-6-19-40(38)46(41)30-36/h1-2,4-15,17-30H,3,16H2. The van der Waals surface area contributed by atoms with E-state index in [0.29, 0.717) is 0 Å². The molecule has 224 valence electrons. The second-order valence-corrected chi connectivity index (χ2v) is 13.1. The van der Waals surface area contributed by atoms with E-state index < -0.39 is 0 Å². The molecule has 0 heterocycles. The average molecular weight is 609 g/mol. The molecule has 0 heteroatoms. The number of allylic oxidation sites excluding steroid dienone is 1. The molecule has 0 fully saturated rings. The molecule has 9 aromatic rings. The second-order valence-electron chi connectivity index (χ2n) is 13.1. The van der Waals surface area contributed by atoms with Gasteiger partial charge in [-0.15, -0.1) is 0 Å². The third-order valence-corrected chi connectivity index (χ3v) is 10.5. The molecule has 0 spiro atoms. The Balaban J connectivity index is 1.23. The predicted molar refractivity (Wildman–Crippen MR) is 208 cm³/mol. The average Bonchev–Trinajstić information content (AvgIpc) is 3.16. The van der Waals surface area contributed by atoms with Crippen LogP contribution in [0.15, 0.2) is 164 Å². The minimum Gasteiger partial charge on any atom is -0.0836 e. The van der Waals surface area contributed by atoms with Crippen LogP contribution in [-0.4, -0.2) is 0 Å². The first kappa shape index (κ1) is 27.2. The van der Waals surface area contributed by atoms with E-state index >= 15 is 0 Å². The summed E-state index contributed by atoms with van der Waals surface area (Å²) in [6.07, 6.45) is 6.89. The minimum absolute atomic E-state index is 1.10. The number of aryl methyl sites for hydroxylation is 1. The Kier molecular flexibility index (Phi) is 6.11. The van der Waals surface area contributed by atoms with Gasteiger partial charge < -0.3 is 0 Å². The van der Waals surface area contributed by atoms with Crippen molar-refractivity contribution in [2.75, 3.05) is 0 Å². The Morgan fingerprint density at radius 2 is 0.896 bits per heavy atom. The van der Waals surface area contributed by atoms with Crippen molar-refractivity contribution < 1.29 is 0 Å². The molecular weight excluding hydrogens is 577 g/mol. The van der Waals surface area contributed by atoms with Crippen LogP contribution < -0.4 is 0 Å². The fourth-order valence-corrected chi connectivity index (χ4v) is 8.31. The summed E-state index contributed by atoms with van der Waals surface area (Å²) in [6.45, 7) is 0. The summed E-state index contributed by atoms with van der Waals surface area (Å²) >= 11 is 0. The van der Waals surface area contributed by atoms with Crippen molar-refractivity contribution in [1.29, 1.82) is 0 Å². The predicted octanol–water partition coefficient (Wildman–Crippen LogP) is 13.4. The van der Waals surface area contributed by atoms with E-state index in [1.807, 2.05) is 0 Å². The van der Waals surface area contributed by atoms with Gasteiger partial charge in [-0.1, -0.05) is 152 Å². The van der Waals surface area contributed by atoms with Gasteiger partial charge in [-0.3, -0.25) is 0 Å². The molecule has 9 aromatic carbocycles. The molecule has 0 radical (unpaired) electrons. The van der Waals surface area contributed by atoms with Gasteiger partial charge in [0.05, 0.1) is 0 Å². The van der Waals surface area contributed by atoms with E-state index in [9.17, 15) is 0 Å². The van der Waals surface area contributed by atoms with E-state index in [1.54, 1.807) is 0 Å².